The number of ketones is 1. The number of thiophene rings is 1. The Morgan fingerprint density at radius 1 is 1.24 bits per heavy atom. The minimum absolute atomic E-state index is 0.149. The number of benzene rings is 1. The number of carbonyl (C=O) groups excluding carboxylic acids is 1. The summed E-state index contributed by atoms with van der Waals surface area (Å²) in [6.07, 6.45) is 0.478. The van der Waals surface area contributed by atoms with E-state index in [-0.39, 0.29) is 5.78 Å². The van der Waals surface area contributed by atoms with Crippen LogP contribution in [0.5, 0.6) is 5.75 Å². The van der Waals surface area contributed by atoms with Gasteiger partial charge in [-0.2, -0.15) is 0 Å². The molecular weight excluding hydrogens is 232 g/mol. The van der Waals surface area contributed by atoms with Gasteiger partial charge in [0.15, 0.2) is 5.78 Å². The predicted molar refractivity (Wildman–Crippen MR) is 70.0 cm³/mol. The van der Waals surface area contributed by atoms with Gasteiger partial charge in [-0.3, -0.25) is 4.79 Å². The highest BCUT2D eigenvalue weighted by Gasteiger charge is 2.07. The van der Waals surface area contributed by atoms with Crippen molar-refractivity contribution < 1.29 is 9.53 Å². The van der Waals surface area contributed by atoms with Gasteiger partial charge in [0.25, 0.3) is 0 Å². The van der Waals surface area contributed by atoms with Crippen molar-refractivity contribution in [2.24, 2.45) is 0 Å². The van der Waals surface area contributed by atoms with E-state index >= 15 is 0 Å². The third kappa shape index (κ3) is 3.17. The van der Waals surface area contributed by atoms with Crippen LogP contribution in [0.4, 0.5) is 0 Å². The van der Waals surface area contributed by atoms with Crippen LogP contribution in [0.3, 0.4) is 0 Å². The molecule has 0 saturated heterocycles. The molecule has 0 fully saturated rings. The Bertz CT molecular complexity index is 471. The van der Waals surface area contributed by atoms with Crippen LogP contribution in [0.25, 0.3) is 0 Å². The molecule has 1 heterocycles. The van der Waals surface area contributed by atoms with Gasteiger partial charge in [0, 0.05) is 16.9 Å². The van der Waals surface area contributed by atoms with Crippen molar-refractivity contribution in [2.75, 3.05) is 6.61 Å². The molecule has 1 aromatic carbocycles. The minimum atomic E-state index is 0.149. The fourth-order valence-corrected chi connectivity index (χ4v) is 2.28. The lowest BCUT2D eigenvalue weighted by Crippen LogP contribution is -2.02. The van der Waals surface area contributed by atoms with Crippen molar-refractivity contribution in [3.8, 4) is 5.75 Å². The number of Topliss-reactive ketones (excluding diaryl/α,β-unsaturated/α-hetero) is 1. The summed E-state index contributed by atoms with van der Waals surface area (Å²) in [7, 11) is 0. The Balaban J connectivity index is 2.04. The molecular formula is C14H14O2S. The molecule has 0 atom stereocenters. The van der Waals surface area contributed by atoms with Gasteiger partial charge in [0.1, 0.15) is 5.75 Å². The molecule has 2 rings (SSSR count). The average molecular weight is 246 g/mol. The molecule has 2 nitrogen and oxygen atoms in total. The second kappa shape index (κ2) is 5.64. The molecule has 0 spiro atoms. The van der Waals surface area contributed by atoms with E-state index in [0.717, 1.165) is 16.2 Å². The van der Waals surface area contributed by atoms with E-state index < -0.39 is 0 Å². The van der Waals surface area contributed by atoms with Gasteiger partial charge in [-0.05, 0) is 42.6 Å². The van der Waals surface area contributed by atoms with E-state index in [1.807, 2.05) is 48.7 Å². The Labute approximate surface area is 105 Å². The first-order valence-electron chi connectivity index (χ1n) is 5.58. The molecule has 0 aliphatic rings. The van der Waals surface area contributed by atoms with Crippen molar-refractivity contribution in [2.45, 2.75) is 13.3 Å². The molecule has 0 N–H and O–H groups in total. The second-order valence-corrected chi connectivity index (χ2v) is 4.67. The smallest absolute Gasteiger partial charge is 0.168 e. The molecule has 1 aromatic heterocycles. The summed E-state index contributed by atoms with van der Waals surface area (Å²) in [5.41, 5.74) is 0.738. The van der Waals surface area contributed by atoms with Gasteiger partial charge < -0.3 is 4.74 Å². The molecule has 88 valence electrons. The molecule has 0 radical (unpaired) electrons. The molecule has 0 unspecified atom stereocenters. The van der Waals surface area contributed by atoms with Gasteiger partial charge in [0.05, 0.1) is 6.61 Å². The number of rotatable bonds is 5. The van der Waals surface area contributed by atoms with Gasteiger partial charge in [-0.1, -0.05) is 6.07 Å². The summed E-state index contributed by atoms with van der Waals surface area (Å²) >= 11 is 1.61. The maximum absolute atomic E-state index is 11.9. The molecule has 2 aromatic rings. The lowest BCUT2D eigenvalue weighted by molar-refractivity contribution is 0.0994. The number of hydrogen-bond acceptors (Lipinski definition) is 3. The Morgan fingerprint density at radius 3 is 2.59 bits per heavy atom. The zero-order chi connectivity index (χ0) is 12.1. The third-order valence-corrected chi connectivity index (χ3v) is 3.28. The van der Waals surface area contributed by atoms with Gasteiger partial charge >= 0.3 is 0 Å². The summed E-state index contributed by atoms with van der Waals surface area (Å²) in [6.45, 7) is 2.58. The van der Waals surface area contributed by atoms with Crippen LogP contribution in [-0.4, -0.2) is 12.4 Å². The van der Waals surface area contributed by atoms with Crippen LogP contribution < -0.4 is 4.74 Å². The SMILES string of the molecule is CCOc1ccc(C(=O)Cc2cccs2)cc1. The topological polar surface area (TPSA) is 26.3 Å². The zero-order valence-electron chi connectivity index (χ0n) is 9.68. The van der Waals surface area contributed by atoms with Crippen LogP contribution >= 0.6 is 11.3 Å². The fraction of sp³-hybridized carbons (Fsp3) is 0.214. The highest BCUT2D eigenvalue weighted by atomic mass is 32.1. The average Bonchev–Trinajstić information content (AvgIpc) is 2.83. The third-order valence-electron chi connectivity index (χ3n) is 2.40. The van der Waals surface area contributed by atoms with Crippen molar-refractivity contribution >= 4 is 17.1 Å². The fourth-order valence-electron chi connectivity index (χ4n) is 1.58. The van der Waals surface area contributed by atoms with Crippen molar-refractivity contribution in [3.63, 3.8) is 0 Å². The molecule has 0 aliphatic carbocycles. The van der Waals surface area contributed by atoms with Gasteiger partial charge in [0.2, 0.25) is 0 Å². The minimum Gasteiger partial charge on any atom is -0.494 e. The van der Waals surface area contributed by atoms with Crippen molar-refractivity contribution in [1.82, 2.24) is 0 Å². The van der Waals surface area contributed by atoms with Crippen molar-refractivity contribution in [3.05, 3.63) is 52.2 Å². The molecule has 17 heavy (non-hydrogen) atoms. The van der Waals surface area contributed by atoms with E-state index in [1.54, 1.807) is 11.3 Å². The zero-order valence-corrected chi connectivity index (χ0v) is 10.5. The Morgan fingerprint density at radius 2 is 2.00 bits per heavy atom. The van der Waals surface area contributed by atoms with Crippen LogP contribution in [0.15, 0.2) is 41.8 Å². The molecule has 0 saturated carbocycles. The number of ether oxygens (including phenoxy) is 1. The van der Waals surface area contributed by atoms with E-state index in [9.17, 15) is 4.79 Å². The summed E-state index contributed by atoms with van der Waals surface area (Å²) in [5.74, 6) is 0.954. The van der Waals surface area contributed by atoms with E-state index in [4.69, 9.17) is 4.74 Å². The predicted octanol–water partition coefficient (Wildman–Crippen LogP) is 3.57. The van der Waals surface area contributed by atoms with Gasteiger partial charge in [-0.25, -0.2) is 0 Å². The lowest BCUT2D eigenvalue weighted by atomic mass is 10.1. The van der Waals surface area contributed by atoms with E-state index in [1.165, 1.54) is 0 Å². The molecule has 0 bridgehead atoms. The highest BCUT2D eigenvalue weighted by Crippen LogP contribution is 2.16. The maximum Gasteiger partial charge on any atom is 0.168 e. The summed E-state index contributed by atoms with van der Waals surface area (Å²) < 4.78 is 5.34. The molecule has 0 amide bonds. The van der Waals surface area contributed by atoms with Gasteiger partial charge in [-0.15, -0.1) is 11.3 Å². The summed E-state index contributed by atoms with van der Waals surface area (Å²) in [6, 6.07) is 11.3. The van der Waals surface area contributed by atoms with E-state index in [0.29, 0.717) is 13.0 Å². The van der Waals surface area contributed by atoms with Crippen LogP contribution in [0.1, 0.15) is 22.2 Å². The number of hydrogen-bond donors (Lipinski definition) is 0. The van der Waals surface area contributed by atoms with Crippen LogP contribution in [0.2, 0.25) is 0 Å². The standard InChI is InChI=1S/C14H14O2S/c1-2-16-12-7-5-11(6-8-12)14(15)10-13-4-3-9-17-13/h3-9H,2,10H2,1H3. The maximum atomic E-state index is 11.9. The van der Waals surface area contributed by atoms with Crippen LogP contribution in [0, 0.1) is 0 Å². The Hall–Kier alpha value is -1.61. The number of carbonyl (C=O) groups is 1. The molecule has 0 aliphatic heterocycles. The highest BCUT2D eigenvalue weighted by molar-refractivity contribution is 7.10. The van der Waals surface area contributed by atoms with Crippen molar-refractivity contribution in [1.29, 1.82) is 0 Å². The Kier molecular flexibility index (Phi) is 3.94. The lowest BCUT2D eigenvalue weighted by Gasteiger charge is -2.04. The first-order valence-corrected chi connectivity index (χ1v) is 6.46. The van der Waals surface area contributed by atoms with Crippen LogP contribution in [-0.2, 0) is 6.42 Å². The molecule has 3 heteroatoms. The summed E-state index contributed by atoms with van der Waals surface area (Å²) in [4.78, 5) is 13.0. The monoisotopic (exact) mass is 246 g/mol. The van der Waals surface area contributed by atoms with E-state index in [2.05, 4.69) is 0 Å². The second-order valence-electron chi connectivity index (χ2n) is 3.64. The normalized spacial score (nSPS) is 10.2. The first-order chi connectivity index (χ1) is 8.29. The quantitative estimate of drug-likeness (QED) is 0.754. The first kappa shape index (κ1) is 11.9. The summed E-state index contributed by atoms with van der Waals surface area (Å²) in [5, 5.41) is 1.99. The largest absolute Gasteiger partial charge is 0.494 e.